The Morgan fingerprint density at radius 2 is 2.25 bits per heavy atom. The molecule has 0 aliphatic carbocycles. The number of aryl methyl sites for hydroxylation is 1. The van der Waals surface area contributed by atoms with Gasteiger partial charge in [0.25, 0.3) is 5.91 Å². The molecule has 2 heterocycles. The number of pyridine rings is 1. The fourth-order valence-corrected chi connectivity index (χ4v) is 3.00. The number of hydrogen-bond donors (Lipinski definition) is 2. The molecule has 2 unspecified atom stereocenters. The first-order valence-electron chi connectivity index (χ1n) is 8.02. The van der Waals surface area contributed by atoms with Gasteiger partial charge in [0.15, 0.2) is 6.10 Å². The maximum absolute atomic E-state index is 12.3. The average molecular weight is 335 g/mol. The summed E-state index contributed by atoms with van der Waals surface area (Å²) >= 11 is 0. The third kappa shape index (κ3) is 4.75. The standard InChI is InChI=1S/C17H25N3O4/c1-11-5-6-18-7-13(11)15(21)19-12(2)8-20-9-14(16(22)23)24-17(3,4)10-20/h5-7,12,14H,8-10H2,1-4H3,(H,19,21)(H,22,23). The molecule has 1 saturated heterocycles. The molecule has 0 bridgehead atoms. The Morgan fingerprint density at radius 3 is 2.88 bits per heavy atom. The number of nitrogens with zero attached hydrogens (tertiary/aromatic N) is 2. The zero-order chi connectivity index (χ0) is 17.9. The number of morpholine rings is 1. The number of nitrogens with one attached hydrogen (secondary N) is 1. The van der Waals surface area contributed by atoms with Crippen molar-refractivity contribution in [1.82, 2.24) is 15.2 Å². The summed E-state index contributed by atoms with van der Waals surface area (Å²) in [4.78, 5) is 29.6. The van der Waals surface area contributed by atoms with Gasteiger partial charge in [0, 0.05) is 38.1 Å². The number of amides is 1. The van der Waals surface area contributed by atoms with Crippen LogP contribution in [-0.4, -0.2) is 64.2 Å². The van der Waals surface area contributed by atoms with Crippen molar-refractivity contribution in [2.45, 2.75) is 45.4 Å². The molecule has 1 fully saturated rings. The van der Waals surface area contributed by atoms with Gasteiger partial charge < -0.3 is 15.2 Å². The summed E-state index contributed by atoms with van der Waals surface area (Å²) in [5, 5.41) is 12.2. The Labute approximate surface area is 142 Å². The molecule has 0 spiro atoms. The number of carbonyl (C=O) groups excluding carboxylic acids is 1. The van der Waals surface area contributed by atoms with Crippen molar-refractivity contribution in [2.24, 2.45) is 0 Å². The molecule has 1 aliphatic rings. The van der Waals surface area contributed by atoms with Gasteiger partial charge in [0.05, 0.1) is 11.2 Å². The summed E-state index contributed by atoms with van der Waals surface area (Å²) < 4.78 is 5.58. The third-order valence-electron chi connectivity index (χ3n) is 3.96. The van der Waals surface area contributed by atoms with Gasteiger partial charge in [-0.05, 0) is 39.3 Å². The molecule has 0 aromatic carbocycles. The van der Waals surface area contributed by atoms with Gasteiger partial charge in [0.2, 0.25) is 0 Å². The van der Waals surface area contributed by atoms with Crippen LogP contribution < -0.4 is 5.32 Å². The number of carboxylic acids is 1. The van der Waals surface area contributed by atoms with E-state index in [1.165, 1.54) is 0 Å². The molecule has 0 radical (unpaired) electrons. The Bertz CT molecular complexity index is 618. The second-order valence-corrected chi connectivity index (χ2v) is 6.96. The van der Waals surface area contributed by atoms with E-state index in [4.69, 9.17) is 4.74 Å². The number of aliphatic carboxylic acids is 1. The normalized spacial score (nSPS) is 21.9. The number of carbonyl (C=O) groups is 2. The Balaban J connectivity index is 1.96. The highest BCUT2D eigenvalue weighted by molar-refractivity contribution is 5.95. The zero-order valence-electron chi connectivity index (χ0n) is 14.6. The average Bonchev–Trinajstić information content (AvgIpc) is 2.45. The van der Waals surface area contributed by atoms with Crippen molar-refractivity contribution in [2.75, 3.05) is 19.6 Å². The minimum absolute atomic E-state index is 0.125. The van der Waals surface area contributed by atoms with Gasteiger partial charge in [-0.3, -0.25) is 14.7 Å². The molecule has 7 heteroatoms. The van der Waals surface area contributed by atoms with E-state index in [9.17, 15) is 14.7 Å². The highest BCUT2D eigenvalue weighted by Crippen LogP contribution is 2.21. The van der Waals surface area contributed by atoms with Gasteiger partial charge in [-0.25, -0.2) is 4.79 Å². The first-order valence-corrected chi connectivity index (χ1v) is 8.02. The molecule has 0 saturated carbocycles. The van der Waals surface area contributed by atoms with Crippen LogP contribution in [0.3, 0.4) is 0 Å². The topological polar surface area (TPSA) is 91.8 Å². The minimum atomic E-state index is -0.963. The second-order valence-electron chi connectivity index (χ2n) is 6.96. The number of aromatic nitrogens is 1. The lowest BCUT2D eigenvalue weighted by Gasteiger charge is -2.42. The number of ether oxygens (including phenoxy) is 1. The van der Waals surface area contributed by atoms with E-state index in [0.29, 0.717) is 25.2 Å². The summed E-state index contributed by atoms with van der Waals surface area (Å²) in [5.74, 6) is -1.13. The van der Waals surface area contributed by atoms with E-state index in [1.54, 1.807) is 18.5 Å². The van der Waals surface area contributed by atoms with Crippen LogP contribution in [0.1, 0.15) is 36.7 Å². The van der Waals surface area contributed by atoms with Crippen molar-refractivity contribution in [3.05, 3.63) is 29.6 Å². The SMILES string of the molecule is Cc1ccncc1C(=O)NC(C)CN1CC(C(=O)O)OC(C)(C)C1. The van der Waals surface area contributed by atoms with Crippen molar-refractivity contribution in [1.29, 1.82) is 0 Å². The van der Waals surface area contributed by atoms with E-state index < -0.39 is 17.7 Å². The molecule has 2 atom stereocenters. The lowest BCUT2D eigenvalue weighted by atomic mass is 10.0. The van der Waals surface area contributed by atoms with Crippen LogP contribution in [0.4, 0.5) is 0 Å². The highest BCUT2D eigenvalue weighted by Gasteiger charge is 2.37. The van der Waals surface area contributed by atoms with E-state index in [-0.39, 0.29) is 11.9 Å². The summed E-state index contributed by atoms with van der Waals surface area (Å²) in [7, 11) is 0. The summed E-state index contributed by atoms with van der Waals surface area (Å²) in [6, 6.07) is 1.67. The number of hydrogen-bond acceptors (Lipinski definition) is 5. The summed E-state index contributed by atoms with van der Waals surface area (Å²) in [6.07, 6.45) is 2.35. The van der Waals surface area contributed by atoms with Crippen LogP contribution in [0.15, 0.2) is 18.5 Å². The van der Waals surface area contributed by atoms with Gasteiger partial charge in [-0.1, -0.05) is 0 Å². The van der Waals surface area contributed by atoms with Crippen molar-refractivity contribution in [3.63, 3.8) is 0 Å². The summed E-state index contributed by atoms with van der Waals surface area (Å²) in [5.41, 5.74) is 0.883. The molecule has 24 heavy (non-hydrogen) atoms. The number of rotatable bonds is 5. The number of carboxylic acid groups (broad SMARTS) is 1. The molecule has 1 aromatic heterocycles. The molecule has 1 aromatic rings. The maximum Gasteiger partial charge on any atom is 0.334 e. The molecule has 132 valence electrons. The van der Waals surface area contributed by atoms with Crippen LogP contribution in [0.25, 0.3) is 0 Å². The quantitative estimate of drug-likeness (QED) is 0.836. The van der Waals surface area contributed by atoms with Crippen LogP contribution in [0, 0.1) is 6.92 Å². The Morgan fingerprint density at radius 1 is 1.54 bits per heavy atom. The predicted octanol–water partition coefficient (Wildman–Crippen LogP) is 1.07. The molecule has 1 aliphatic heterocycles. The minimum Gasteiger partial charge on any atom is -0.479 e. The lowest BCUT2D eigenvalue weighted by molar-refractivity contribution is -0.178. The van der Waals surface area contributed by atoms with Crippen LogP contribution in [0.5, 0.6) is 0 Å². The molecular weight excluding hydrogens is 310 g/mol. The van der Waals surface area contributed by atoms with E-state index in [0.717, 1.165) is 5.56 Å². The van der Waals surface area contributed by atoms with Crippen molar-refractivity contribution >= 4 is 11.9 Å². The lowest BCUT2D eigenvalue weighted by Crippen LogP contribution is -2.57. The first-order chi connectivity index (χ1) is 11.2. The van der Waals surface area contributed by atoms with Crippen LogP contribution in [0.2, 0.25) is 0 Å². The van der Waals surface area contributed by atoms with Gasteiger partial charge in [0.1, 0.15) is 0 Å². The van der Waals surface area contributed by atoms with Gasteiger partial charge in [-0.2, -0.15) is 0 Å². The van der Waals surface area contributed by atoms with Gasteiger partial charge in [-0.15, -0.1) is 0 Å². The van der Waals surface area contributed by atoms with E-state index in [2.05, 4.69) is 10.3 Å². The molecule has 7 nitrogen and oxygen atoms in total. The fraction of sp³-hybridized carbons (Fsp3) is 0.588. The predicted molar refractivity (Wildman–Crippen MR) is 88.9 cm³/mol. The summed E-state index contributed by atoms with van der Waals surface area (Å²) in [6.45, 7) is 9.00. The zero-order valence-corrected chi connectivity index (χ0v) is 14.6. The molecule has 2 N–H and O–H groups in total. The highest BCUT2D eigenvalue weighted by atomic mass is 16.5. The molecule has 1 amide bonds. The third-order valence-corrected chi connectivity index (χ3v) is 3.96. The first kappa shape index (κ1) is 18.4. The monoisotopic (exact) mass is 335 g/mol. The smallest absolute Gasteiger partial charge is 0.334 e. The maximum atomic E-state index is 12.3. The van der Waals surface area contributed by atoms with E-state index in [1.807, 2.05) is 32.6 Å². The van der Waals surface area contributed by atoms with Crippen molar-refractivity contribution in [3.8, 4) is 0 Å². The second kappa shape index (κ2) is 7.27. The Hall–Kier alpha value is -1.99. The van der Waals surface area contributed by atoms with Crippen LogP contribution in [-0.2, 0) is 9.53 Å². The van der Waals surface area contributed by atoms with Crippen molar-refractivity contribution < 1.29 is 19.4 Å². The van der Waals surface area contributed by atoms with E-state index >= 15 is 0 Å². The largest absolute Gasteiger partial charge is 0.479 e. The molecule has 2 rings (SSSR count). The van der Waals surface area contributed by atoms with Crippen LogP contribution >= 0.6 is 0 Å². The Kier molecular flexibility index (Phi) is 5.56. The van der Waals surface area contributed by atoms with Gasteiger partial charge >= 0.3 is 5.97 Å². The molecular formula is C17H25N3O4. The fourth-order valence-electron chi connectivity index (χ4n) is 3.00.